The number of aryl methyl sites for hydroxylation is 1. The lowest BCUT2D eigenvalue weighted by Gasteiger charge is -2.00. The molecule has 1 aromatic carbocycles. The Bertz CT molecular complexity index is 646. The predicted octanol–water partition coefficient (Wildman–Crippen LogP) is -0.109. The SMILES string of the molecule is Cc1c[n+]2ccccc2c2ccccc12.[Br-]. The molecule has 0 amide bonds. The molecule has 0 radical (unpaired) electrons. The standard InChI is InChI=1S/C14H12N.BrH/c1-11-10-15-9-5-4-8-14(15)13-7-3-2-6-12(11)13;/h2-10H,1H3;1H/q+1;/p-1. The van der Waals surface area contributed by atoms with Crippen LogP contribution in [0.1, 0.15) is 5.56 Å². The van der Waals surface area contributed by atoms with Crippen LogP contribution >= 0.6 is 0 Å². The zero-order chi connectivity index (χ0) is 10.3. The van der Waals surface area contributed by atoms with Crippen LogP contribution in [0.25, 0.3) is 16.3 Å². The molecule has 0 saturated carbocycles. The summed E-state index contributed by atoms with van der Waals surface area (Å²) in [6, 6.07) is 14.8. The first kappa shape index (κ1) is 11.1. The predicted molar refractivity (Wildman–Crippen MR) is 61.8 cm³/mol. The van der Waals surface area contributed by atoms with Crippen molar-refractivity contribution in [3.63, 3.8) is 0 Å². The molecule has 2 aromatic heterocycles. The van der Waals surface area contributed by atoms with Crippen molar-refractivity contribution in [1.82, 2.24) is 0 Å². The molecule has 1 nitrogen and oxygen atoms in total. The fourth-order valence-electron chi connectivity index (χ4n) is 2.13. The van der Waals surface area contributed by atoms with E-state index in [1.807, 2.05) is 0 Å². The monoisotopic (exact) mass is 273 g/mol. The largest absolute Gasteiger partial charge is 1.00 e. The second-order valence-electron chi connectivity index (χ2n) is 3.85. The highest BCUT2D eigenvalue weighted by molar-refractivity contribution is 5.95. The van der Waals surface area contributed by atoms with Gasteiger partial charge in [0, 0.05) is 17.7 Å². The molecule has 0 atom stereocenters. The van der Waals surface area contributed by atoms with E-state index >= 15 is 0 Å². The van der Waals surface area contributed by atoms with Crippen LogP contribution in [0.4, 0.5) is 0 Å². The summed E-state index contributed by atoms with van der Waals surface area (Å²) in [5.74, 6) is 0. The van der Waals surface area contributed by atoms with Crippen molar-refractivity contribution in [2.45, 2.75) is 6.92 Å². The van der Waals surface area contributed by atoms with Gasteiger partial charge in [-0.3, -0.25) is 0 Å². The van der Waals surface area contributed by atoms with Crippen LogP contribution in [0.15, 0.2) is 54.9 Å². The summed E-state index contributed by atoms with van der Waals surface area (Å²) in [5.41, 5.74) is 2.58. The van der Waals surface area contributed by atoms with E-state index in [9.17, 15) is 0 Å². The number of fused-ring (bicyclic) bond motifs is 3. The number of hydrogen-bond acceptors (Lipinski definition) is 0. The van der Waals surface area contributed by atoms with Crippen LogP contribution in [0.5, 0.6) is 0 Å². The number of rotatable bonds is 0. The Morgan fingerprint density at radius 1 is 0.875 bits per heavy atom. The van der Waals surface area contributed by atoms with Crippen LogP contribution in [0.3, 0.4) is 0 Å². The minimum Gasteiger partial charge on any atom is -1.00 e. The lowest BCUT2D eigenvalue weighted by molar-refractivity contribution is -0.511. The summed E-state index contributed by atoms with van der Waals surface area (Å²) in [7, 11) is 0. The van der Waals surface area contributed by atoms with E-state index in [0.29, 0.717) is 0 Å². The van der Waals surface area contributed by atoms with Crippen molar-refractivity contribution in [3.05, 3.63) is 60.4 Å². The van der Waals surface area contributed by atoms with Crippen molar-refractivity contribution < 1.29 is 21.4 Å². The van der Waals surface area contributed by atoms with Gasteiger partial charge in [0.15, 0.2) is 12.4 Å². The molecule has 0 aliphatic heterocycles. The molecule has 0 bridgehead atoms. The summed E-state index contributed by atoms with van der Waals surface area (Å²) in [6.45, 7) is 2.15. The van der Waals surface area contributed by atoms with Gasteiger partial charge in [0.2, 0.25) is 5.52 Å². The van der Waals surface area contributed by atoms with E-state index < -0.39 is 0 Å². The Kier molecular flexibility index (Phi) is 2.92. The molecule has 2 heteroatoms. The van der Waals surface area contributed by atoms with Crippen LogP contribution < -0.4 is 21.4 Å². The maximum absolute atomic E-state index is 2.18. The zero-order valence-corrected chi connectivity index (χ0v) is 10.6. The topological polar surface area (TPSA) is 4.10 Å². The van der Waals surface area contributed by atoms with Gasteiger partial charge in [-0.25, -0.2) is 0 Å². The third kappa shape index (κ3) is 1.59. The number of aromatic nitrogens is 1. The van der Waals surface area contributed by atoms with Gasteiger partial charge < -0.3 is 17.0 Å². The minimum absolute atomic E-state index is 0. The van der Waals surface area contributed by atoms with Crippen molar-refractivity contribution in [2.75, 3.05) is 0 Å². The van der Waals surface area contributed by atoms with Crippen molar-refractivity contribution in [2.24, 2.45) is 0 Å². The molecule has 0 saturated heterocycles. The first-order chi connectivity index (χ1) is 7.36. The number of benzene rings is 1. The maximum Gasteiger partial charge on any atom is 0.218 e. The highest BCUT2D eigenvalue weighted by Gasteiger charge is 2.08. The second kappa shape index (κ2) is 4.22. The summed E-state index contributed by atoms with van der Waals surface area (Å²) >= 11 is 0. The van der Waals surface area contributed by atoms with Gasteiger partial charge in [0.25, 0.3) is 0 Å². The highest BCUT2D eigenvalue weighted by atomic mass is 79.9. The molecule has 80 valence electrons. The summed E-state index contributed by atoms with van der Waals surface area (Å²) in [4.78, 5) is 0. The van der Waals surface area contributed by atoms with Gasteiger partial charge in [-0.2, -0.15) is 4.40 Å². The molecule has 0 aliphatic carbocycles. The Balaban J connectivity index is 0.000000963. The van der Waals surface area contributed by atoms with Gasteiger partial charge in [-0.15, -0.1) is 0 Å². The van der Waals surface area contributed by atoms with Crippen LogP contribution in [0.2, 0.25) is 0 Å². The van der Waals surface area contributed by atoms with Gasteiger partial charge in [-0.05, 0) is 24.4 Å². The molecule has 0 spiro atoms. The third-order valence-corrected chi connectivity index (χ3v) is 2.85. The molecule has 0 unspecified atom stereocenters. The second-order valence-corrected chi connectivity index (χ2v) is 3.85. The number of nitrogens with zero attached hydrogens (tertiary/aromatic N) is 1. The molecule has 3 aromatic rings. The van der Waals surface area contributed by atoms with E-state index in [4.69, 9.17) is 0 Å². The lowest BCUT2D eigenvalue weighted by Crippen LogP contribution is -3.00. The van der Waals surface area contributed by atoms with E-state index in [1.54, 1.807) is 0 Å². The van der Waals surface area contributed by atoms with Crippen molar-refractivity contribution in [3.8, 4) is 0 Å². The molecular formula is C14H12BrN. The fourth-order valence-corrected chi connectivity index (χ4v) is 2.13. The molecule has 0 aliphatic rings. The Morgan fingerprint density at radius 2 is 1.56 bits per heavy atom. The first-order valence-electron chi connectivity index (χ1n) is 5.14. The summed E-state index contributed by atoms with van der Waals surface area (Å²) < 4.78 is 2.18. The fraction of sp³-hybridized carbons (Fsp3) is 0.0714. The highest BCUT2D eigenvalue weighted by Crippen LogP contribution is 2.19. The summed E-state index contributed by atoms with van der Waals surface area (Å²) in [6.07, 6.45) is 4.27. The lowest BCUT2D eigenvalue weighted by atomic mass is 10.1. The number of halogens is 1. The number of hydrogen-bond donors (Lipinski definition) is 0. The van der Waals surface area contributed by atoms with Gasteiger partial charge >= 0.3 is 0 Å². The number of pyridine rings is 2. The van der Waals surface area contributed by atoms with Crippen LogP contribution in [-0.2, 0) is 0 Å². The van der Waals surface area contributed by atoms with Crippen molar-refractivity contribution in [1.29, 1.82) is 0 Å². The Labute approximate surface area is 105 Å². The zero-order valence-electron chi connectivity index (χ0n) is 9.02. The maximum atomic E-state index is 2.18. The van der Waals surface area contributed by atoms with Gasteiger partial charge in [0.1, 0.15) is 0 Å². The third-order valence-electron chi connectivity index (χ3n) is 2.85. The van der Waals surface area contributed by atoms with Crippen molar-refractivity contribution >= 4 is 16.3 Å². The Morgan fingerprint density at radius 3 is 2.38 bits per heavy atom. The minimum atomic E-state index is 0. The van der Waals surface area contributed by atoms with Crippen LogP contribution in [0, 0.1) is 6.92 Å². The van der Waals surface area contributed by atoms with E-state index in [0.717, 1.165) is 0 Å². The van der Waals surface area contributed by atoms with E-state index in [2.05, 4.69) is 66.2 Å². The normalized spacial score (nSPS) is 10.3. The Hall–Kier alpha value is -1.41. The molecule has 0 N–H and O–H groups in total. The van der Waals surface area contributed by atoms with Gasteiger partial charge in [0.05, 0.1) is 5.39 Å². The average Bonchev–Trinajstić information content (AvgIpc) is 2.30. The van der Waals surface area contributed by atoms with Gasteiger partial charge in [-0.1, -0.05) is 18.2 Å². The smallest absolute Gasteiger partial charge is 0.218 e. The molecule has 0 fully saturated rings. The molecular weight excluding hydrogens is 262 g/mol. The summed E-state index contributed by atoms with van der Waals surface area (Å²) in [5, 5.41) is 2.65. The quantitative estimate of drug-likeness (QED) is 0.398. The average molecular weight is 274 g/mol. The molecule has 2 heterocycles. The first-order valence-corrected chi connectivity index (χ1v) is 5.14. The molecule has 16 heavy (non-hydrogen) atoms. The van der Waals surface area contributed by atoms with Crippen LogP contribution in [-0.4, -0.2) is 0 Å². The van der Waals surface area contributed by atoms with E-state index in [-0.39, 0.29) is 17.0 Å². The van der Waals surface area contributed by atoms with E-state index in [1.165, 1.54) is 21.9 Å². The molecule has 3 rings (SSSR count).